The molecule has 3 unspecified atom stereocenters. The number of likely N-dealkylation sites (tertiary alicyclic amines) is 1. The van der Waals surface area contributed by atoms with Gasteiger partial charge in [0.15, 0.2) is 6.10 Å². The number of hydrogen-bond donors (Lipinski definition) is 1. The number of aliphatic hydroxyl groups excluding tert-OH is 1. The van der Waals surface area contributed by atoms with Crippen molar-refractivity contribution in [1.29, 1.82) is 0 Å². The third-order valence-corrected chi connectivity index (χ3v) is 5.44. The number of carbonyl (C=O) groups excluding carboxylic acids is 1. The van der Waals surface area contributed by atoms with Crippen molar-refractivity contribution in [3.05, 3.63) is 30.1 Å². The van der Waals surface area contributed by atoms with E-state index in [1.165, 1.54) is 0 Å². The predicted molar refractivity (Wildman–Crippen MR) is 99.8 cm³/mol. The molecule has 0 spiro atoms. The number of ether oxygens (including phenoxy) is 1. The Hall–Kier alpha value is -1.50. The number of pyridine rings is 1. The first-order valence-corrected chi connectivity index (χ1v) is 9.84. The maximum atomic E-state index is 12.6. The van der Waals surface area contributed by atoms with Gasteiger partial charge in [-0.3, -0.25) is 9.78 Å². The largest absolute Gasteiger partial charge is 0.390 e. The number of likely N-dealkylation sites (N-methyl/N-ethyl adjacent to an activating group) is 1. The fourth-order valence-corrected chi connectivity index (χ4v) is 3.75. The van der Waals surface area contributed by atoms with Gasteiger partial charge in [0.25, 0.3) is 5.91 Å². The van der Waals surface area contributed by atoms with E-state index in [4.69, 9.17) is 4.74 Å². The lowest BCUT2D eigenvalue weighted by atomic mass is 9.98. The smallest absolute Gasteiger partial charge is 0.254 e. The zero-order valence-corrected chi connectivity index (χ0v) is 15.7. The molecule has 1 N–H and O–H groups in total. The Morgan fingerprint density at radius 2 is 2.12 bits per heavy atom. The third kappa shape index (κ3) is 5.25. The van der Waals surface area contributed by atoms with Gasteiger partial charge < -0.3 is 19.6 Å². The Kier molecular flexibility index (Phi) is 7.00. The van der Waals surface area contributed by atoms with Crippen LogP contribution in [0.25, 0.3) is 0 Å². The molecule has 6 nitrogen and oxygen atoms in total. The first-order chi connectivity index (χ1) is 12.6. The van der Waals surface area contributed by atoms with Crippen molar-refractivity contribution in [2.75, 3.05) is 33.2 Å². The lowest BCUT2D eigenvalue weighted by Crippen LogP contribution is -2.50. The Balaban J connectivity index is 1.42. The number of amides is 1. The van der Waals surface area contributed by atoms with E-state index in [0.29, 0.717) is 6.42 Å². The van der Waals surface area contributed by atoms with Crippen molar-refractivity contribution < 1.29 is 14.6 Å². The number of aliphatic hydroxyl groups is 1. The minimum absolute atomic E-state index is 0.0248. The molecular formula is C20H31N3O3. The van der Waals surface area contributed by atoms with Gasteiger partial charge in [-0.15, -0.1) is 0 Å². The summed E-state index contributed by atoms with van der Waals surface area (Å²) in [5, 5.41) is 10.2. The Morgan fingerprint density at radius 3 is 2.85 bits per heavy atom. The molecule has 1 aromatic heterocycles. The molecule has 3 heterocycles. The van der Waals surface area contributed by atoms with Crippen molar-refractivity contribution in [3.8, 4) is 0 Å². The summed E-state index contributed by atoms with van der Waals surface area (Å²) in [7, 11) is 2.10. The van der Waals surface area contributed by atoms with E-state index in [1.54, 1.807) is 0 Å². The van der Waals surface area contributed by atoms with Crippen molar-refractivity contribution >= 4 is 5.91 Å². The van der Waals surface area contributed by atoms with Crippen LogP contribution in [0.4, 0.5) is 0 Å². The molecule has 2 aliphatic heterocycles. The third-order valence-electron chi connectivity index (χ3n) is 5.44. The van der Waals surface area contributed by atoms with Gasteiger partial charge in [0, 0.05) is 44.5 Å². The molecule has 0 aliphatic carbocycles. The summed E-state index contributed by atoms with van der Waals surface area (Å²) < 4.78 is 6.01. The highest BCUT2D eigenvalue weighted by Crippen LogP contribution is 2.24. The quantitative estimate of drug-likeness (QED) is 0.797. The van der Waals surface area contributed by atoms with Crippen LogP contribution in [-0.4, -0.2) is 77.3 Å². The fraction of sp³-hybridized carbons (Fsp3) is 0.700. The highest BCUT2D eigenvalue weighted by atomic mass is 16.5. The average molecular weight is 361 g/mol. The van der Waals surface area contributed by atoms with E-state index in [-0.39, 0.29) is 12.0 Å². The van der Waals surface area contributed by atoms with Crippen LogP contribution < -0.4 is 0 Å². The monoisotopic (exact) mass is 361 g/mol. The summed E-state index contributed by atoms with van der Waals surface area (Å²) >= 11 is 0. The minimum Gasteiger partial charge on any atom is -0.390 e. The first-order valence-electron chi connectivity index (χ1n) is 9.84. The molecule has 0 radical (unpaired) electrons. The summed E-state index contributed by atoms with van der Waals surface area (Å²) in [5.41, 5.74) is 1.10. The molecule has 0 aromatic carbocycles. The van der Waals surface area contributed by atoms with E-state index in [2.05, 4.69) is 16.9 Å². The topological polar surface area (TPSA) is 65.9 Å². The van der Waals surface area contributed by atoms with Crippen molar-refractivity contribution in [2.45, 2.75) is 56.8 Å². The van der Waals surface area contributed by atoms with Crippen LogP contribution in [0.5, 0.6) is 0 Å². The van der Waals surface area contributed by atoms with Crippen LogP contribution in [0, 0.1) is 0 Å². The molecular weight excluding hydrogens is 330 g/mol. The normalized spacial score (nSPS) is 26.4. The van der Waals surface area contributed by atoms with E-state index in [1.807, 2.05) is 29.3 Å². The van der Waals surface area contributed by atoms with Crippen LogP contribution in [0.3, 0.4) is 0 Å². The Bertz CT molecular complexity index is 563. The molecule has 0 saturated carbocycles. The summed E-state index contributed by atoms with van der Waals surface area (Å²) in [6.45, 7) is 3.46. The number of carbonyl (C=O) groups is 1. The summed E-state index contributed by atoms with van der Waals surface area (Å²) in [4.78, 5) is 21.1. The molecule has 3 atom stereocenters. The van der Waals surface area contributed by atoms with Gasteiger partial charge in [0.2, 0.25) is 0 Å². The predicted octanol–water partition coefficient (Wildman–Crippen LogP) is 1.48. The lowest BCUT2D eigenvalue weighted by Gasteiger charge is -2.35. The van der Waals surface area contributed by atoms with Crippen LogP contribution in [0.1, 0.15) is 37.8 Å². The Morgan fingerprint density at radius 1 is 1.31 bits per heavy atom. The van der Waals surface area contributed by atoms with Gasteiger partial charge in [-0.05, 0) is 51.3 Å². The van der Waals surface area contributed by atoms with Gasteiger partial charge in [-0.1, -0.05) is 6.07 Å². The molecule has 6 heteroatoms. The van der Waals surface area contributed by atoms with Crippen LogP contribution in [0.15, 0.2) is 24.4 Å². The zero-order chi connectivity index (χ0) is 18.4. The maximum Gasteiger partial charge on any atom is 0.254 e. The summed E-state index contributed by atoms with van der Waals surface area (Å²) in [6.07, 6.45) is 5.92. The first kappa shape index (κ1) is 19.3. The van der Waals surface area contributed by atoms with Gasteiger partial charge in [0.1, 0.15) is 0 Å². The average Bonchev–Trinajstić information content (AvgIpc) is 3.21. The highest BCUT2D eigenvalue weighted by Gasteiger charge is 2.37. The van der Waals surface area contributed by atoms with E-state index in [9.17, 15) is 9.90 Å². The minimum atomic E-state index is -0.675. The van der Waals surface area contributed by atoms with Crippen LogP contribution in [0.2, 0.25) is 0 Å². The van der Waals surface area contributed by atoms with Crippen molar-refractivity contribution in [1.82, 2.24) is 14.8 Å². The summed E-state index contributed by atoms with van der Waals surface area (Å²) in [6, 6.07) is 6.00. The molecule has 1 amide bonds. The van der Waals surface area contributed by atoms with E-state index in [0.717, 1.165) is 64.0 Å². The number of nitrogens with zero attached hydrogens (tertiary/aromatic N) is 3. The van der Waals surface area contributed by atoms with E-state index < -0.39 is 12.2 Å². The van der Waals surface area contributed by atoms with Crippen LogP contribution in [-0.2, 0) is 16.0 Å². The Labute approximate surface area is 156 Å². The SMILES string of the molecule is CN(CCc1ccccn1)CCC1CCC(O)C(C(=O)N2CCCC2)O1. The molecule has 3 rings (SSSR count). The maximum absolute atomic E-state index is 12.6. The highest BCUT2D eigenvalue weighted by molar-refractivity contribution is 5.82. The molecule has 2 fully saturated rings. The standard InChI is InChI=1S/C20H31N3O3/c1-22(14-9-16-6-2-3-11-21-16)15-10-17-7-8-18(24)19(26-17)20(25)23-12-4-5-13-23/h2-3,6,11,17-19,24H,4-5,7-10,12-15H2,1H3. The second-order valence-electron chi connectivity index (χ2n) is 7.52. The van der Waals surface area contributed by atoms with Gasteiger partial charge in [0.05, 0.1) is 12.2 Å². The number of aromatic nitrogens is 1. The van der Waals surface area contributed by atoms with Crippen molar-refractivity contribution in [2.24, 2.45) is 0 Å². The number of hydrogen-bond acceptors (Lipinski definition) is 5. The molecule has 2 aliphatic rings. The lowest BCUT2D eigenvalue weighted by molar-refractivity contribution is -0.167. The molecule has 0 bridgehead atoms. The van der Waals surface area contributed by atoms with Crippen molar-refractivity contribution in [3.63, 3.8) is 0 Å². The number of rotatable bonds is 7. The van der Waals surface area contributed by atoms with Crippen LogP contribution >= 0.6 is 0 Å². The van der Waals surface area contributed by atoms with E-state index >= 15 is 0 Å². The molecule has 144 valence electrons. The second kappa shape index (κ2) is 9.44. The van der Waals surface area contributed by atoms with Gasteiger partial charge >= 0.3 is 0 Å². The fourth-order valence-electron chi connectivity index (χ4n) is 3.75. The molecule has 2 saturated heterocycles. The summed E-state index contributed by atoms with van der Waals surface area (Å²) in [5.74, 6) is -0.0248. The van der Waals surface area contributed by atoms with Gasteiger partial charge in [-0.2, -0.15) is 0 Å². The zero-order valence-electron chi connectivity index (χ0n) is 15.7. The molecule has 26 heavy (non-hydrogen) atoms. The molecule has 1 aromatic rings. The van der Waals surface area contributed by atoms with Gasteiger partial charge in [-0.25, -0.2) is 0 Å². The second-order valence-corrected chi connectivity index (χ2v) is 7.52.